The average molecular weight is 1040 g/mol. The van der Waals surface area contributed by atoms with E-state index in [4.69, 9.17) is 18.9 Å². The van der Waals surface area contributed by atoms with Crippen molar-refractivity contribution in [3.63, 3.8) is 0 Å². The Morgan fingerprint density at radius 2 is 0.720 bits per heavy atom. The first kappa shape index (κ1) is 70.2. The maximum atomic E-state index is 12.9. The van der Waals surface area contributed by atoms with E-state index in [-0.39, 0.29) is 38.6 Å². The highest BCUT2D eigenvalue weighted by Gasteiger charge is 2.22. The van der Waals surface area contributed by atoms with Crippen LogP contribution in [-0.2, 0) is 33.3 Å². The fourth-order valence-corrected chi connectivity index (χ4v) is 7.19. The van der Waals surface area contributed by atoms with Crippen molar-refractivity contribution in [1.29, 1.82) is 0 Å². The summed E-state index contributed by atoms with van der Waals surface area (Å²) in [4.78, 5) is 37.3. The number of allylic oxidation sites excluding steroid dienone is 24. The van der Waals surface area contributed by atoms with Crippen LogP contribution >= 0.6 is 0 Å². The number of carboxylic acids is 1. The van der Waals surface area contributed by atoms with Crippen LogP contribution in [0.2, 0.25) is 0 Å². The van der Waals surface area contributed by atoms with Gasteiger partial charge in [-0.1, -0.05) is 211 Å². The van der Waals surface area contributed by atoms with Crippen LogP contribution in [0.15, 0.2) is 146 Å². The van der Waals surface area contributed by atoms with Crippen LogP contribution in [0.4, 0.5) is 0 Å². The van der Waals surface area contributed by atoms with Crippen LogP contribution in [0.3, 0.4) is 0 Å². The van der Waals surface area contributed by atoms with E-state index in [1.165, 1.54) is 19.3 Å². The molecule has 2 atom stereocenters. The molecule has 0 spiro atoms. The summed E-state index contributed by atoms with van der Waals surface area (Å²) in [7, 11) is 5.90. The molecular formula is C66H105NO8. The van der Waals surface area contributed by atoms with Gasteiger partial charge in [-0.3, -0.25) is 9.59 Å². The number of rotatable bonds is 51. The number of aliphatic carboxylic acids is 1. The Hall–Kier alpha value is -4.83. The van der Waals surface area contributed by atoms with Gasteiger partial charge in [0.1, 0.15) is 13.2 Å². The molecule has 0 aliphatic heterocycles. The first-order valence-corrected chi connectivity index (χ1v) is 29.0. The number of ether oxygens (including phenoxy) is 4. The first-order chi connectivity index (χ1) is 36.6. The fraction of sp³-hybridized carbons (Fsp3) is 0.591. The lowest BCUT2D eigenvalue weighted by Gasteiger charge is -2.26. The number of carbonyl (C=O) groups excluding carboxylic acids is 3. The first-order valence-electron chi connectivity index (χ1n) is 29.0. The van der Waals surface area contributed by atoms with Crippen LogP contribution < -0.4 is 5.11 Å². The molecule has 0 amide bonds. The molecule has 0 bridgehead atoms. The highest BCUT2D eigenvalue weighted by Crippen LogP contribution is 2.13. The quantitative estimate of drug-likeness (QED) is 0.0195. The SMILES string of the molecule is CC/C=C\C/C=C\C/C=C\C/C=C\C/C=C\C/C=C\C/C=C\CCCCCCCC(=O)OC(COC(=O)CCCCCCCCC/C=C\C/C=C\C/C=C\C/C=C\C/C=C\CC)COC(OCC[N+](C)(C)C)C(=O)[O-]. The number of nitrogens with zero attached hydrogens (tertiary/aromatic N) is 1. The van der Waals surface area contributed by atoms with Gasteiger partial charge in [0.05, 0.1) is 40.3 Å². The van der Waals surface area contributed by atoms with Gasteiger partial charge in [-0.2, -0.15) is 0 Å². The molecule has 9 heteroatoms. The molecule has 0 N–H and O–H groups in total. The summed E-state index contributed by atoms with van der Waals surface area (Å²) in [6.45, 7) is 4.45. The largest absolute Gasteiger partial charge is 0.545 e. The van der Waals surface area contributed by atoms with Gasteiger partial charge in [-0.05, 0) is 116 Å². The second-order valence-corrected chi connectivity index (χ2v) is 19.8. The zero-order valence-electron chi connectivity index (χ0n) is 47.9. The molecule has 0 aromatic carbocycles. The second-order valence-electron chi connectivity index (χ2n) is 19.8. The highest BCUT2D eigenvalue weighted by atomic mass is 16.7. The molecular weight excluding hydrogens is 935 g/mol. The van der Waals surface area contributed by atoms with Crippen molar-refractivity contribution >= 4 is 17.9 Å². The Kier molecular flexibility index (Phi) is 51.8. The highest BCUT2D eigenvalue weighted by molar-refractivity contribution is 5.70. The van der Waals surface area contributed by atoms with Crippen LogP contribution in [0.5, 0.6) is 0 Å². The summed E-state index contributed by atoms with van der Waals surface area (Å²) in [6, 6.07) is 0. The summed E-state index contributed by atoms with van der Waals surface area (Å²) >= 11 is 0. The Morgan fingerprint density at radius 3 is 1.07 bits per heavy atom. The lowest BCUT2D eigenvalue weighted by atomic mass is 10.1. The number of unbranched alkanes of at least 4 members (excludes halogenated alkanes) is 12. The molecule has 0 aliphatic carbocycles. The number of hydrogen-bond acceptors (Lipinski definition) is 8. The molecule has 0 saturated carbocycles. The fourth-order valence-electron chi connectivity index (χ4n) is 7.19. The predicted octanol–water partition coefficient (Wildman–Crippen LogP) is 15.9. The van der Waals surface area contributed by atoms with Crippen molar-refractivity contribution < 1.29 is 42.9 Å². The normalized spacial score (nSPS) is 13.9. The molecule has 0 saturated heterocycles. The standard InChI is InChI=1S/C66H105NO8/c1-6-8-10-12-14-16-18-20-22-24-26-28-30-31-32-33-35-37-39-41-43-45-47-49-51-53-55-57-64(69)75-62(61-74-66(65(70)71)72-59-58-67(3,4)5)60-73-63(68)56-54-52-50-48-46-44-42-40-38-36-34-29-27-25-23-21-19-17-15-13-11-9-7-2/h8-11,14-17,20-23,26-29,31-32,35-38,41,43,62,66H,6-7,12-13,18-19,24-25,30,33-34,39-40,42,44-61H2,1-5H3/b10-8-,11-9-,16-14-,17-15-,22-20-,23-21-,28-26-,29-27-,32-31-,37-35-,38-36-,43-41-. The molecule has 0 radical (unpaired) electrons. The molecule has 422 valence electrons. The number of hydrogen-bond donors (Lipinski definition) is 0. The maximum absolute atomic E-state index is 12.9. The topological polar surface area (TPSA) is 111 Å². The predicted molar refractivity (Wildman–Crippen MR) is 315 cm³/mol. The number of carbonyl (C=O) groups is 3. The zero-order chi connectivity index (χ0) is 54.8. The summed E-state index contributed by atoms with van der Waals surface area (Å²) < 4.78 is 22.7. The second kappa shape index (κ2) is 55.4. The van der Waals surface area contributed by atoms with Crippen LogP contribution in [0.1, 0.15) is 194 Å². The molecule has 0 aromatic heterocycles. The summed E-state index contributed by atoms with van der Waals surface area (Å²) in [5.41, 5.74) is 0. The van der Waals surface area contributed by atoms with E-state index in [1.807, 2.05) is 21.1 Å². The number of likely N-dealkylation sites (N-methyl/N-ethyl adjacent to an activating group) is 1. The van der Waals surface area contributed by atoms with Crippen molar-refractivity contribution in [2.45, 2.75) is 206 Å². The minimum absolute atomic E-state index is 0.132. The molecule has 2 unspecified atom stereocenters. The zero-order valence-corrected chi connectivity index (χ0v) is 47.9. The molecule has 0 aromatic rings. The van der Waals surface area contributed by atoms with E-state index in [2.05, 4.69) is 160 Å². The third kappa shape index (κ3) is 56.7. The van der Waals surface area contributed by atoms with E-state index in [1.54, 1.807) is 0 Å². The summed E-state index contributed by atoms with van der Waals surface area (Å²) in [6.07, 6.45) is 77.4. The van der Waals surface area contributed by atoms with Crippen molar-refractivity contribution in [3.05, 3.63) is 146 Å². The number of esters is 2. The van der Waals surface area contributed by atoms with Crippen molar-refractivity contribution in [2.75, 3.05) is 47.5 Å². The monoisotopic (exact) mass is 1040 g/mol. The average Bonchev–Trinajstić information content (AvgIpc) is 3.38. The van der Waals surface area contributed by atoms with Gasteiger partial charge in [-0.15, -0.1) is 0 Å². The third-order valence-electron chi connectivity index (χ3n) is 11.6. The van der Waals surface area contributed by atoms with Gasteiger partial charge in [0.25, 0.3) is 0 Å². The molecule has 0 rings (SSSR count). The Labute approximate surface area is 458 Å². The van der Waals surface area contributed by atoms with E-state index in [0.717, 1.165) is 135 Å². The molecule has 0 fully saturated rings. The minimum Gasteiger partial charge on any atom is -0.545 e. The van der Waals surface area contributed by atoms with Gasteiger partial charge < -0.3 is 33.3 Å². The van der Waals surface area contributed by atoms with E-state index >= 15 is 0 Å². The Balaban J connectivity index is 4.38. The maximum Gasteiger partial charge on any atom is 0.306 e. The number of quaternary nitrogens is 1. The summed E-state index contributed by atoms with van der Waals surface area (Å²) in [5.74, 6) is -2.35. The molecule has 75 heavy (non-hydrogen) atoms. The van der Waals surface area contributed by atoms with Gasteiger partial charge in [0.15, 0.2) is 12.4 Å². The Morgan fingerprint density at radius 1 is 0.400 bits per heavy atom. The molecule has 9 nitrogen and oxygen atoms in total. The van der Waals surface area contributed by atoms with Gasteiger partial charge >= 0.3 is 11.9 Å². The smallest absolute Gasteiger partial charge is 0.306 e. The molecule has 0 heterocycles. The Bertz CT molecular complexity index is 1730. The van der Waals surface area contributed by atoms with Crippen LogP contribution in [-0.4, -0.2) is 82.3 Å². The lowest BCUT2D eigenvalue weighted by Crippen LogP contribution is -2.44. The van der Waals surface area contributed by atoms with Gasteiger partial charge in [-0.25, -0.2) is 0 Å². The van der Waals surface area contributed by atoms with Gasteiger partial charge in [0, 0.05) is 12.8 Å². The number of carboxylic acid groups (broad SMARTS) is 1. The minimum atomic E-state index is -1.64. The lowest BCUT2D eigenvalue weighted by molar-refractivity contribution is -0.870. The van der Waals surface area contributed by atoms with Crippen molar-refractivity contribution in [2.24, 2.45) is 0 Å². The van der Waals surface area contributed by atoms with E-state index in [0.29, 0.717) is 23.9 Å². The molecule has 0 aliphatic rings. The summed E-state index contributed by atoms with van der Waals surface area (Å²) in [5, 5.41) is 11.8. The van der Waals surface area contributed by atoms with Crippen LogP contribution in [0.25, 0.3) is 0 Å². The van der Waals surface area contributed by atoms with Gasteiger partial charge in [0.2, 0.25) is 0 Å². The van der Waals surface area contributed by atoms with E-state index < -0.39 is 24.3 Å². The third-order valence-corrected chi connectivity index (χ3v) is 11.6. The van der Waals surface area contributed by atoms with E-state index in [9.17, 15) is 19.5 Å². The van der Waals surface area contributed by atoms with Crippen LogP contribution in [0, 0.1) is 0 Å². The van der Waals surface area contributed by atoms with Crippen molar-refractivity contribution in [1.82, 2.24) is 0 Å². The van der Waals surface area contributed by atoms with Crippen molar-refractivity contribution in [3.8, 4) is 0 Å².